The maximum atomic E-state index is 10.8. The van der Waals surface area contributed by atoms with Crippen molar-refractivity contribution in [3.63, 3.8) is 0 Å². The van der Waals surface area contributed by atoms with Crippen molar-refractivity contribution in [2.45, 2.75) is 39.0 Å². The van der Waals surface area contributed by atoms with Gasteiger partial charge in [-0.25, -0.2) is 0 Å². The maximum absolute atomic E-state index is 10.8. The van der Waals surface area contributed by atoms with Crippen LogP contribution in [0.4, 0.5) is 0 Å². The molecular formula is C9H15NaO4. The van der Waals surface area contributed by atoms with E-state index in [0.717, 1.165) is 19.3 Å². The topological polar surface area (TPSA) is 66.4 Å². The van der Waals surface area contributed by atoms with Crippen LogP contribution in [0, 0.1) is 0 Å². The van der Waals surface area contributed by atoms with Gasteiger partial charge in [0.2, 0.25) is 0 Å². The van der Waals surface area contributed by atoms with Gasteiger partial charge in [0, 0.05) is 5.97 Å². The Morgan fingerprint density at radius 1 is 1.21 bits per heavy atom. The largest absolute Gasteiger partial charge is 1.00 e. The van der Waals surface area contributed by atoms with Gasteiger partial charge in [0.1, 0.15) is 0 Å². The summed E-state index contributed by atoms with van der Waals surface area (Å²) in [6.45, 7) is 2.44. The summed E-state index contributed by atoms with van der Waals surface area (Å²) in [5, 5.41) is 9.96. The predicted molar refractivity (Wildman–Crippen MR) is 44.7 cm³/mol. The van der Waals surface area contributed by atoms with Gasteiger partial charge in [0.15, 0.2) is 0 Å². The molecule has 14 heavy (non-hydrogen) atoms. The van der Waals surface area contributed by atoms with Crippen LogP contribution >= 0.6 is 0 Å². The summed E-state index contributed by atoms with van der Waals surface area (Å²) in [4.78, 5) is 20.8. The average molecular weight is 210 g/mol. The summed E-state index contributed by atoms with van der Waals surface area (Å²) < 4.78 is 4.76. The fourth-order valence-corrected chi connectivity index (χ4v) is 0.814. The number of carboxylic acids is 1. The smallest absolute Gasteiger partial charge is 0.550 e. The zero-order valence-electron chi connectivity index (χ0n) is 8.88. The molecule has 5 heteroatoms. The Balaban J connectivity index is 0. The van der Waals surface area contributed by atoms with Gasteiger partial charge in [-0.2, -0.15) is 0 Å². The molecule has 0 aliphatic carbocycles. The van der Waals surface area contributed by atoms with Crippen molar-refractivity contribution in [1.82, 2.24) is 0 Å². The van der Waals surface area contributed by atoms with E-state index in [0.29, 0.717) is 6.61 Å². The van der Waals surface area contributed by atoms with E-state index >= 15 is 0 Å². The van der Waals surface area contributed by atoms with Crippen molar-refractivity contribution < 1.29 is 49.0 Å². The molecule has 0 bridgehead atoms. The first-order valence-corrected chi connectivity index (χ1v) is 4.52. The molecule has 0 rings (SSSR count). The summed E-state index contributed by atoms with van der Waals surface area (Å²) >= 11 is 0. The van der Waals surface area contributed by atoms with Crippen LogP contribution in [0.3, 0.4) is 0 Å². The number of aliphatic carboxylic acids is 1. The molecule has 0 aromatic rings. The van der Waals surface area contributed by atoms with Crippen molar-refractivity contribution in [3.05, 3.63) is 0 Å². The van der Waals surface area contributed by atoms with Crippen LogP contribution in [-0.2, 0) is 14.3 Å². The first-order chi connectivity index (χ1) is 6.16. The van der Waals surface area contributed by atoms with Gasteiger partial charge >= 0.3 is 35.5 Å². The van der Waals surface area contributed by atoms with E-state index in [1.54, 1.807) is 0 Å². The fraction of sp³-hybridized carbons (Fsp3) is 0.778. The number of carbonyl (C=O) groups excluding carboxylic acids is 2. The number of hydrogen-bond donors (Lipinski definition) is 0. The summed E-state index contributed by atoms with van der Waals surface area (Å²) in [7, 11) is 0. The Bertz CT molecular complexity index is 170. The summed E-state index contributed by atoms with van der Waals surface area (Å²) in [6.07, 6.45) is 2.58. The van der Waals surface area contributed by atoms with E-state index in [9.17, 15) is 14.7 Å². The molecule has 0 heterocycles. The molecule has 0 atom stereocenters. The van der Waals surface area contributed by atoms with Crippen LogP contribution in [0.25, 0.3) is 0 Å². The van der Waals surface area contributed by atoms with Gasteiger partial charge in [0.25, 0.3) is 0 Å². The Morgan fingerprint density at radius 2 is 1.86 bits per heavy atom. The Kier molecular flexibility index (Phi) is 12.9. The number of carbonyl (C=O) groups is 2. The van der Waals surface area contributed by atoms with Crippen molar-refractivity contribution in [2.24, 2.45) is 0 Å². The second-order valence-corrected chi connectivity index (χ2v) is 2.80. The van der Waals surface area contributed by atoms with E-state index in [4.69, 9.17) is 4.74 Å². The molecule has 0 saturated heterocycles. The third-order valence-electron chi connectivity index (χ3n) is 1.54. The number of ether oxygens (including phenoxy) is 1. The average Bonchev–Trinajstić information content (AvgIpc) is 2.09. The van der Waals surface area contributed by atoms with Crippen LogP contribution in [0.15, 0.2) is 0 Å². The zero-order chi connectivity index (χ0) is 10.1. The second kappa shape index (κ2) is 11.0. The molecule has 0 aromatic carbocycles. The molecule has 0 N–H and O–H groups in total. The minimum absolute atomic E-state index is 0. The van der Waals surface area contributed by atoms with Gasteiger partial charge < -0.3 is 14.6 Å². The minimum Gasteiger partial charge on any atom is -0.550 e. The van der Waals surface area contributed by atoms with Crippen LogP contribution in [-0.4, -0.2) is 18.5 Å². The molecule has 0 unspecified atom stereocenters. The van der Waals surface area contributed by atoms with Gasteiger partial charge in [0.05, 0.1) is 13.0 Å². The van der Waals surface area contributed by atoms with Crippen LogP contribution < -0.4 is 34.7 Å². The summed E-state index contributed by atoms with van der Waals surface area (Å²) in [5.74, 6) is -1.68. The maximum Gasteiger partial charge on any atom is 1.00 e. The van der Waals surface area contributed by atoms with E-state index < -0.39 is 11.9 Å². The SMILES string of the molecule is CCCCCOC(=O)CCC(=O)[O-].[Na+]. The molecule has 0 radical (unpaired) electrons. The first kappa shape index (κ1) is 16.4. The second-order valence-electron chi connectivity index (χ2n) is 2.80. The molecule has 0 spiro atoms. The van der Waals surface area contributed by atoms with Crippen LogP contribution in [0.2, 0.25) is 0 Å². The molecule has 0 aliphatic heterocycles. The monoisotopic (exact) mass is 210 g/mol. The third kappa shape index (κ3) is 11.9. The molecule has 0 aliphatic rings. The molecule has 76 valence electrons. The Hall–Kier alpha value is -0.0600. The van der Waals surface area contributed by atoms with E-state index in [-0.39, 0.29) is 42.4 Å². The molecular weight excluding hydrogens is 195 g/mol. The normalized spacial score (nSPS) is 8.93. The standard InChI is InChI=1S/C9H16O4.Na/c1-2-3-4-7-13-9(12)6-5-8(10)11;/h2-7H2,1H3,(H,10,11);/q;+1/p-1. The fourth-order valence-electron chi connectivity index (χ4n) is 0.814. The molecule has 0 amide bonds. The van der Waals surface area contributed by atoms with Crippen LogP contribution in [0.1, 0.15) is 39.0 Å². The molecule has 0 saturated carbocycles. The van der Waals surface area contributed by atoms with E-state index in [2.05, 4.69) is 6.92 Å². The van der Waals surface area contributed by atoms with Crippen molar-refractivity contribution in [2.75, 3.05) is 6.61 Å². The predicted octanol–water partition coefficient (Wildman–Crippen LogP) is -2.75. The molecule has 4 nitrogen and oxygen atoms in total. The van der Waals surface area contributed by atoms with Crippen LogP contribution in [0.5, 0.6) is 0 Å². The Labute approximate surface area is 106 Å². The summed E-state index contributed by atoms with van der Waals surface area (Å²) in [6, 6.07) is 0. The minimum atomic E-state index is -1.22. The molecule has 0 aromatic heterocycles. The van der Waals surface area contributed by atoms with Crippen molar-refractivity contribution in [1.29, 1.82) is 0 Å². The van der Waals surface area contributed by atoms with Gasteiger partial charge in [-0.1, -0.05) is 19.8 Å². The van der Waals surface area contributed by atoms with Gasteiger partial charge in [-0.15, -0.1) is 0 Å². The zero-order valence-corrected chi connectivity index (χ0v) is 10.9. The van der Waals surface area contributed by atoms with Crippen molar-refractivity contribution >= 4 is 11.9 Å². The molecule has 0 fully saturated rings. The van der Waals surface area contributed by atoms with E-state index in [1.807, 2.05) is 0 Å². The van der Waals surface area contributed by atoms with E-state index in [1.165, 1.54) is 0 Å². The number of carboxylic acid groups (broad SMARTS) is 1. The number of hydrogen-bond acceptors (Lipinski definition) is 4. The number of rotatable bonds is 7. The Morgan fingerprint density at radius 3 is 2.36 bits per heavy atom. The third-order valence-corrected chi connectivity index (χ3v) is 1.54. The van der Waals surface area contributed by atoms with Gasteiger partial charge in [-0.05, 0) is 12.8 Å². The van der Waals surface area contributed by atoms with Gasteiger partial charge in [-0.3, -0.25) is 4.79 Å². The summed E-state index contributed by atoms with van der Waals surface area (Å²) in [5.41, 5.74) is 0. The number of unbranched alkanes of at least 4 members (excludes halogenated alkanes) is 2. The first-order valence-electron chi connectivity index (χ1n) is 4.52. The van der Waals surface area contributed by atoms with Crippen molar-refractivity contribution in [3.8, 4) is 0 Å². The number of esters is 1. The quantitative estimate of drug-likeness (QED) is 0.260.